The van der Waals surface area contributed by atoms with Crippen molar-refractivity contribution in [2.45, 2.75) is 46.2 Å². The van der Waals surface area contributed by atoms with Crippen molar-refractivity contribution < 1.29 is 4.79 Å². The van der Waals surface area contributed by atoms with Gasteiger partial charge in [0, 0.05) is 43.7 Å². The molecule has 3 aromatic rings. The van der Waals surface area contributed by atoms with Gasteiger partial charge in [-0.3, -0.25) is 9.69 Å². The Labute approximate surface area is 199 Å². The van der Waals surface area contributed by atoms with Gasteiger partial charge in [-0.2, -0.15) is 0 Å². The van der Waals surface area contributed by atoms with Crippen molar-refractivity contribution in [3.63, 3.8) is 0 Å². The van der Waals surface area contributed by atoms with Gasteiger partial charge in [0.05, 0.1) is 0 Å². The van der Waals surface area contributed by atoms with Gasteiger partial charge in [0.25, 0.3) is 5.91 Å². The number of amides is 1. The maximum Gasteiger partial charge on any atom is 0.254 e. The largest absolute Gasteiger partial charge is 0.336 e. The molecule has 1 fully saturated rings. The van der Waals surface area contributed by atoms with Crippen LogP contribution in [0.5, 0.6) is 0 Å². The van der Waals surface area contributed by atoms with Crippen molar-refractivity contribution >= 4 is 5.91 Å². The van der Waals surface area contributed by atoms with Gasteiger partial charge in [-0.05, 0) is 56.9 Å². The lowest BCUT2D eigenvalue weighted by Gasteiger charge is -2.32. The first-order valence-corrected chi connectivity index (χ1v) is 12.1. The molecule has 2 atom stereocenters. The van der Waals surface area contributed by atoms with Crippen LogP contribution < -0.4 is 0 Å². The molecule has 3 heteroatoms. The van der Waals surface area contributed by atoms with Crippen molar-refractivity contribution in [2.75, 3.05) is 19.6 Å². The summed E-state index contributed by atoms with van der Waals surface area (Å²) in [5.41, 5.74) is 6.08. The minimum absolute atomic E-state index is 0.130. The highest BCUT2D eigenvalue weighted by atomic mass is 16.2. The van der Waals surface area contributed by atoms with Gasteiger partial charge < -0.3 is 4.90 Å². The van der Waals surface area contributed by atoms with Gasteiger partial charge >= 0.3 is 0 Å². The number of carbonyl (C=O) groups is 1. The van der Waals surface area contributed by atoms with Gasteiger partial charge in [-0.25, -0.2) is 0 Å². The number of aryl methyl sites for hydroxylation is 2. The summed E-state index contributed by atoms with van der Waals surface area (Å²) in [5, 5.41) is 0. The van der Waals surface area contributed by atoms with Gasteiger partial charge in [0.15, 0.2) is 0 Å². The van der Waals surface area contributed by atoms with Gasteiger partial charge in [-0.1, -0.05) is 77.9 Å². The van der Waals surface area contributed by atoms with E-state index in [4.69, 9.17) is 0 Å². The Kier molecular flexibility index (Phi) is 7.29. The lowest BCUT2D eigenvalue weighted by molar-refractivity contribution is 0.0668. The second kappa shape index (κ2) is 10.4. The molecule has 1 amide bonds. The first-order valence-electron chi connectivity index (χ1n) is 12.1. The monoisotopic (exact) mass is 440 g/mol. The molecule has 0 unspecified atom stereocenters. The highest BCUT2D eigenvalue weighted by Crippen LogP contribution is 2.35. The van der Waals surface area contributed by atoms with Crippen LogP contribution in [-0.2, 0) is 6.54 Å². The quantitative estimate of drug-likeness (QED) is 0.445. The minimum atomic E-state index is 0.130. The van der Waals surface area contributed by atoms with Crippen LogP contribution in [-0.4, -0.2) is 41.4 Å². The fraction of sp³-hybridized carbons (Fsp3) is 0.367. The van der Waals surface area contributed by atoms with Crippen LogP contribution in [0.4, 0.5) is 0 Å². The van der Waals surface area contributed by atoms with Crippen LogP contribution in [0, 0.1) is 19.8 Å². The van der Waals surface area contributed by atoms with Crippen LogP contribution in [0.15, 0.2) is 78.9 Å². The van der Waals surface area contributed by atoms with Gasteiger partial charge in [0.1, 0.15) is 0 Å². The molecule has 3 nitrogen and oxygen atoms in total. The number of likely N-dealkylation sites (tertiary alicyclic amines) is 1. The van der Waals surface area contributed by atoms with Crippen LogP contribution in [0.2, 0.25) is 0 Å². The molecule has 1 aliphatic rings. The van der Waals surface area contributed by atoms with E-state index in [0.29, 0.717) is 11.8 Å². The van der Waals surface area contributed by atoms with E-state index < -0.39 is 0 Å². The van der Waals surface area contributed by atoms with Crippen molar-refractivity contribution in [2.24, 2.45) is 5.92 Å². The lowest BCUT2D eigenvalue weighted by atomic mass is 9.88. The second-order valence-electron chi connectivity index (χ2n) is 9.87. The van der Waals surface area contributed by atoms with E-state index in [-0.39, 0.29) is 11.9 Å². The van der Waals surface area contributed by atoms with Crippen molar-refractivity contribution in [1.82, 2.24) is 9.80 Å². The molecule has 1 heterocycles. The molecule has 0 radical (unpaired) electrons. The molecule has 33 heavy (non-hydrogen) atoms. The van der Waals surface area contributed by atoms with Crippen LogP contribution in [0.1, 0.15) is 52.4 Å². The first-order chi connectivity index (χ1) is 15.9. The number of hydrogen-bond acceptors (Lipinski definition) is 2. The summed E-state index contributed by atoms with van der Waals surface area (Å²) in [6.07, 6.45) is 0. The minimum Gasteiger partial charge on any atom is -0.336 e. The summed E-state index contributed by atoms with van der Waals surface area (Å²) in [7, 11) is 0. The summed E-state index contributed by atoms with van der Waals surface area (Å²) < 4.78 is 0. The van der Waals surface area contributed by atoms with Crippen LogP contribution >= 0.6 is 0 Å². The topological polar surface area (TPSA) is 23.6 Å². The molecule has 0 aliphatic carbocycles. The maximum atomic E-state index is 13.4. The van der Waals surface area contributed by atoms with E-state index in [1.165, 1.54) is 22.3 Å². The highest BCUT2D eigenvalue weighted by Gasteiger charge is 2.36. The van der Waals surface area contributed by atoms with Crippen LogP contribution in [0.25, 0.3) is 0 Å². The maximum absolute atomic E-state index is 13.4. The molecule has 4 rings (SSSR count). The molecule has 0 N–H and O–H groups in total. The standard InChI is InChI=1S/C30H36N2O/c1-22(2)32(30(33)27-8-6-5-7-9-27)20-28-19-31(18-25-14-10-23(3)11-15-25)21-29(28)26-16-12-24(4)13-17-26/h5-17,22,28-29H,18-21H2,1-4H3/t28-,29-/m0/s1. The van der Waals surface area contributed by atoms with E-state index >= 15 is 0 Å². The van der Waals surface area contributed by atoms with Gasteiger partial charge in [-0.15, -0.1) is 0 Å². The Morgan fingerprint density at radius 3 is 2.09 bits per heavy atom. The zero-order valence-electron chi connectivity index (χ0n) is 20.4. The Morgan fingerprint density at radius 2 is 1.48 bits per heavy atom. The third kappa shape index (κ3) is 5.72. The molecule has 0 spiro atoms. The van der Waals surface area contributed by atoms with Gasteiger partial charge in [0.2, 0.25) is 0 Å². The first kappa shape index (κ1) is 23.3. The van der Waals surface area contributed by atoms with E-state index in [1.807, 2.05) is 30.3 Å². The summed E-state index contributed by atoms with van der Waals surface area (Å²) in [6.45, 7) is 12.3. The summed E-state index contributed by atoms with van der Waals surface area (Å²) in [6, 6.07) is 27.7. The second-order valence-corrected chi connectivity index (χ2v) is 9.87. The lowest BCUT2D eigenvalue weighted by Crippen LogP contribution is -2.42. The molecular weight excluding hydrogens is 404 g/mol. The van der Waals surface area contributed by atoms with E-state index in [2.05, 4.69) is 86.0 Å². The van der Waals surface area contributed by atoms with E-state index in [9.17, 15) is 4.79 Å². The summed E-state index contributed by atoms with van der Waals surface area (Å²) in [4.78, 5) is 18.0. The molecule has 0 aromatic heterocycles. The third-order valence-electron chi connectivity index (χ3n) is 6.89. The predicted octanol–water partition coefficient (Wildman–Crippen LogP) is 6.07. The third-order valence-corrected chi connectivity index (χ3v) is 6.89. The van der Waals surface area contributed by atoms with E-state index in [1.54, 1.807) is 0 Å². The Morgan fingerprint density at radius 1 is 0.879 bits per heavy atom. The SMILES string of the molecule is Cc1ccc(CN2C[C@@H](CN(C(=O)c3ccccc3)C(C)C)[C@H](c3ccc(C)cc3)C2)cc1. The fourth-order valence-corrected chi connectivity index (χ4v) is 4.95. The summed E-state index contributed by atoms with van der Waals surface area (Å²) in [5.74, 6) is 0.944. The average molecular weight is 441 g/mol. The summed E-state index contributed by atoms with van der Waals surface area (Å²) >= 11 is 0. The molecular formula is C30H36N2O. The molecule has 1 aliphatic heterocycles. The number of carbonyl (C=O) groups excluding carboxylic acids is 1. The van der Waals surface area contributed by atoms with Crippen molar-refractivity contribution in [3.05, 3.63) is 107 Å². The molecule has 0 saturated carbocycles. The fourth-order valence-electron chi connectivity index (χ4n) is 4.95. The smallest absolute Gasteiger partial charge is 0.254 e. The number of nitrogens with zero attached hydrogens (tertiary/aromatic N) is 2. The normalized spacial score (nSPS) is 18.6. The zero-order valence-corrected chi connectivity index (χ0v) is 20.4. The molecule has 0 bridgehead atoms. The number of rotatable bonds is 7. The number of benzene rings is 3. The van der Waals surface area contributed by atoms with Crippen molar-refractivity contribution in [1.29, 1.82) is 0 Å². The highest BCUT2D eigenvalue weighted by molar-refractivity contribution is 5.94. The predicted molar refractivity (Wildman–Crippen MR) is 136 cm³/mol. The molecule has 3 aromatic carbocycles. The van der Waals surface area contributed by atoms with Crippen LogP contribution in [0.3, 0.4) is 0 Å². The Balaban J connectivity index is 1.57. The zero-order chi connectivity index (χ0) is 23.4. The molecule has 1 saturated heterocycles. The van der Waals surface area contributed by atoms with Crippen molar-refractivity contribution in [3.8, 4) is 0 Å². The average Bonchev–Trinajstić information content (AvgIpc) is 3.21. The molecule has 172 valence electrons. The Bertz CT molecular complexity index is 1040. The van der Waals surface area contributed by atoms with E-state index in [0.717, 1.165) is 31.7 Å². The number of hydrogen-bond donors (Lipinski definition) is 0. The Hall–Kier alpha value is -2.91.